The van der Waals surface area contributed by atoms with Crippen molar-refractivity contribution in [1.82, 2.24) is 20.5 Å². The van der Waals surface area contributed by atoms with Crippen LogP contribution in [0.4, 0.5) is 19.3 Å². The van der Waals surface area contributed by atoms with E-state index in [1.165, 1.54) is 48.8 Å². The summed E-state index contributed by atoms with van der Waals surface area (Å²) in [6, 6.07) is 9.81. The summed E-state index contributed by atoms with van der Waals surface area (Å²) in [5, 5.41) is 7.54. The van der Waals surface area contributed by atoms with E-state index < -0.39 is 23.6 Å². The van der Waals surface area contributed by atoms with Gasteiger partial charge < -0.3 is 10.1 Å². The van der Waals surface area contributed by atoms with E-state index in [1.807, 2.05) is 0 Å². The molecule has 1 aliphatic rings. The Labute approximate surface area is 236 Å². The van der Waals surface area contributed by atoms with Crippen LogP contribution in [-0.2, 0) is 16.0 Å². The molecule has 3 amide bonds. The Balaban J connectivity index is 1.27. The molecule has 3 aromatic rings. The van der Waals surface area contributed by atoms with Gasteiger partial charge in [0.15, 0.2) is 17.3 Å². The summed E-state index contributed by atoms with van der Waals surface area (Å²) in [5.41, 5.74) is 1.06. The highest BCUT2D eigenvalue weighted by Gasteiger charge is 2.15. The van der Waals surface area contributed by atoms with Crippen molar-refractivity contribution < 1.29 is 27.9 Å². The molecule has 41 heavy (non-hydrogen) atoms. The molecule has 1 aliphatic heterocycles. The van der Waals surface area contributed by atoms with Gasteiger partial charge >= 0.3 is 6.03 Å². The number of halogens is 2. The predicted molar refractivity (Wildman–Crippen MR) is 148 cm³/mol. The number of ether oxygens (including phenoxy) is 1. The van der Waals surface area contributed by atoms with Gasteiger partial charge in [-0.05, 0) is 55.8 Å². The first-order chi connectivity index (χ1) is 19.9. The summed E-state index contributed by atoms with van der Waals surface area (Å²) in [4.78, 5) is 42.5. The molecule has 1 saturated heterocycles. The van der Waals surface area contributed by atoms with E-state index in [0.717, 1.165) is 32.0 Å². The number of likely N-dealkylation sites (tertiary alicyclic amines) is 1. The number of carbonyl (C=O) groups is 3. The molecule has 0 atom stereocenters. The van der Waals surface area contributed by atoms with Crippen LogP contribution in [0.3, 0.4) is 0 Å². The number of nitrogens with zero attached hydrogens (tertiary/aromatic N) is 2. The van der Waals surface area contributed by atoms with Crippen LogP contribution in [0.15, 0.2) is 60.9 Å². The number of nitrogens with one attached hydrogen (secondary N) is 3. The molecule has 1 aromatic heterocycles. The molecule has 0 bridgehead atoms. The summed E-state index contributed by atoms with van der Waals surface area (Å²) in [7, 11) is 0. The number of ketones is 1. The third kappa shape index (κ3) is 9.49. The first-order valence-corrected chi connectivity index (χ1v) is 13.1. The van der Waals surface area contributed by atoms with Gasteiger partial charge in [-0.2, -0.15) is 0 Å². The van der Waals surface area contributed by atoms with E-state index in [4.69, 9.17) is 4.74 Å². The average molecular weight is 562 g/mol. The predicted octanol–water partition coefficient (Wildman–Crippen LogP) is 3.65. The highest BCUT2D eigenvalue weighted by atomic mass is 19.1. The maximum absolute atomic E-state index is 14.8. The van der Waals surface area contributed by atoms with Crippen LogP contribution in [0.5, 0.6) is 11.5 Å². The smallest absolute Gasteiger partial charge is 0.325 e. The van der Waals surface area contributed by atoms with E-state index in [0.29, 0.717) is 17.7 Å². The van der Waals surface area contributed by atoms with E-state index in [2.05, 4.69) is 37.7 Å². The molecule has 0 unspecified atom stereocenters. The first kappa shape index (κ1) is 29.3. The lowest BCUT2D eigenvalue weighted by atomic mass is 10.1. The largest absolute Gasteiger partial charge is 0.453 e. The second kappa shape index (κ2) is 14.6. The molecule has 212 valence electrons. The van der Waals surface area contributed by atoms with Crippen molar-refractivity contribution in [3.05, 3.63) is 83.7 Å². The lowest BCUT2D eigenvalue weighted by molar-refractivity contribution is -0.120. The number of urea groups is 1. The molecular weight excluding hydrogens is 532 g/mol. The SMILES string of the molecule is O=C(CNCC#Cc1cnccc1Oc1ccc(NC(=O)NC(=O)Cc2ccc(F)cc2)cc1F)CN1CCCC1. The number of hydrogen-bond acceptors (Lipinski definition) is 7. The second-order valence-electron chi connectivity index (χ2n) is 9.35. The van der Waals surface area contributed by atoms with E-state index >= 15 is 0 Å². The molecule has 2 aromatic carbocycles. The number of pyridine rings is 1. The molecule has 4 rings (SSSR count). The third-order valence-corrected chi connectivity index (χ3v) is 6.08. The molecular formula is C30H29F2N5O4. The number of benzene rings is 2. The van der Waals surface area contributed by atoms with Crippen LogP contribution in [-0.4, -0.2) is 60.3 Å². The van der Waals surface area contributed by atoms with Crippen LogP contribution in [0, 0.1) is 23.5 Å². The number of rotatable bonds is 10. The minimum Gasteiger partial charge on any atom is -0.453 e. The Bertz CT molecular complexity index is 1450. The Kier molecular flexibility index (Phi) is 10.5. The second-order valence-corrected chi connectivity index (χ2v) is 9.35. The lowest BCUT2D eigenvalue weighted by Gasteiger charge is -2.12. The maximum Gasteiger partial charge on any atom is 0.325 e. The van der Waals surface area contributed by atoms with E-state index in [1.54, 1.807) is 6.07 Å². The first-order valence-electron chi connectivity index (χ1n) is 13.1. The molecule has 0 aliphatic carbocycles. The molecule has 1 fully saturated rings. The fraction of sp³-hybridized carbons (Fsp3) is 0.267. The number of imide groups is 1. The number of anilines is 1. The number of aromatic nitrogens is 1. The molecule has 3 N–H and O–H groups in total. The fourth-order valence-electron chi connectivity index (χ4n) is 4.12. The van der Waals surface area contributed by atoms with Gasteiger partial charge in [-0.25, -0.2) is 13.6 Å². The quantitative estimate of drug-likeness (QED) is 0.256. The zero-order valence-corrected chi connectivity index (χ0v) is 22.2. The van der Waals surface area contributed by atoms with Crippen LogP contribution < -0.4 is 20.7 Å². The summed E-state index contributed by atoms with van der Waals surface area (Å²) in [6.45, 7) is 2.88. The van der Waals surface area contributed by atoms with Crippen molar-refractivity contribution in [3.63, 3.8) is 0 Å². The van der Waals surface area contributed by atoms with Crippen molar-refractivity contribution in [2.24, 2.45) is 0 Å². The molecule has 0 spiro atoms. The lowest BCUT2D eigenvalue weighted by Crippen LogP contribution is -2.35. The normalized spacial score (nSPS) is 12.7. The van der Waals surface area contributed by atoms with Gasteiger partial charge in [0.2, 0.25) is 5.91 Å². The highest BCUT2D eigenvalue weighted by molar-refractivity contribution is 6.01. The number of hydrogen-bond donors (Lipinski definition) is 3. The van der Waals surface area contributed by atoms with Crippen molar-refractivity contribution >= 4 is 23.4 Å². The van der Waals surface area contributed by atoms with Gasteiger partial charge in [0.1, 0.15) is 11.6 Å². The molecule has 9 nitrogen and oxygen atoms in total. The fourth-order valence-corrected chi connectivity index (χ4v) is 4.12. The third-order valence-electron chi connectivity index (χ3n) is 6.08. The summed E-state index contributed by atoms with van der Waals surface area (Å²) >= 11 is 0. The number of carbonyl (C=O) groups excluding carboxylic acids is 3. The van der Waals surface area contributed by atoms with Crippen molar-refractivity contribution in [2.75, 3.05) is 38.0 Å². The molecule has 0 radical (unpaired) electrons. The summed E-state index contributed by atoms with van der Waals surface area (Å²) < 4.78 is 33.5. The molecule has 2 heterocycles. The van der Waals surface area contributed by atoms with Crippen molar-refractivity contribution in [1.29, 1.82) is 0 Å². The molecule has 0 saturated carbocycles. The minimum atomic E-state index is -0.844. The molecule has 11 heteroatoms. The number of Topliss-reactive ketones (excluding diaryl/α,β-unsaturated/α-hetero) is 1. The van der Waals surface area contributed by atoms with Gasteiger partial charge in [0, 0.05) is 30.2 Å². The Morgan fingerprint density at radius 3 is 2.54 bits per heavy atom. The highest BCUT2D eigenvalue weighted by Crippen LogP contribution is 2.28. The average Bonchev–Trinajstić information content (AvgIpc) is 3.45. The summed E-state index contributed by atoms with van der Waals surface area (Å²) in [6.07, 6.45) is 5.11. The Morgan fingerprint density at radius 2 is 1.78 bits per heavy atom. The van der Waals surface area contributed by atoms with Gasteiger partial charge in [-0.3, -0.25) is 30.1 Å². The van der Waals surface area contributed by atoms with Crippen LogP contribution in [0.1, 0.15) is 24.0 Å². The van der Waals surface area contributed by atoms with Crippen LogP contribution >= 0.6 is 0 Å². The van der Waals surface area contributed by atoms with Gasteiger partial charge in [0.25, 0.3) is 0 Å². The zero-order chi connectivity index (χ0) is 29.0. The maximum atomic E-state index is 14.8. The van der Waals surface area contributed by atoms with E-state index in [-0.39, 0.29) is 42.5 Å². The van der Waals surface area contributed by atoms with Crippen molar-refractivity contribution in [3.8, 4) is 23.3 Å². The summed E-state index contributed by atoms with van der Waals surface area (Å²) in [5.74, 6) is 4.32. The van der Waals surface area contributed by atoms with Crippen molar-refractivity contribution in [2.45, 2.75) is 19.3 Å². The monoisotopic (exact) mass is 561 g/mol. The minimum absolute atomic E-state index is 0.0991. The van der Waals surface area contributed by atoms with Gasteiger partial charge in [0.05, 0.1) is 31.6 Å². The Hall–Kier alpha value is -4.66. The topological polar surface area (TPSA) is 113 Å². The Morgan fingerprint density at radius 1 is 1.00 bits per heavy atom. The van der Waals surface area contributed by atoms with Gasteiger partial charge in [-0.1, -0.05) is 24.0 Å². The van der Waals surface area contributed by atoms with Gasteiger partial charge in [-0.15, -0.1) is 0 Å². The van der Waals surface area contributed by atoms with E-state index in [9.17, 15) is 23.2 Å². The number of amides is 3. The zero-order valence-electron chi connectivity index (χ0n) is 22.2. The van der Waals surface area contributed by atoms with Crippen LogP contribution in [0.2, 0.25) is 0 Å². The van der Waals surface area contributed by atoms with Crippen LogP contribution in [0.25, 0.3) is 0 Å². The standard InChI is InChI=1S/C30H29F2N5O4/c31-23-7-5-21(6-8-23)16-29(39)36-30(40)35-24-9-10-28(26(32)17-24)41-27-11-13-34-18-22(27)4-3-12-33-19-25(38)20-37-14-1-2-15-37/h5-11,13,17-18,33H,1-2,12,14-16,19-20H2,(H2,35,36,39,40).